The van der Waals surface area contributed by atoms with Gasteiger partial charge in [-0.1, -0.05) is 60.7 Å². The molecule has 3 heteroatoms. The highest BCUT2D eigenvalue weighted by molar-refractivity contribution is 5.96. The third-order valence-corrected chi connectivity index (χ3v) is 4.82. The van der Waals surface area contributed by atoms with Crippen LogP contribution in [0.3, 0.4) is 0 Å². The standard InChI is InChI=1S/C21H27NO2/c1-16(22(3)4)15-21(20(24)17(2)23,18-11-7-5-8-12-18)19-13-9-6-10-14-19/h5-14,16-17,23H,15H2,1-4H3. The van der Waals surface area contributed by atoms with Gasteiger partial charge in [-0.05, 0) is 45.5 Å². The number of aliphatic hydroxyl groups is 1. The second-order valence-electron chi connectivity index (χ2n) is 6.69. The first-order valence-corrected chi connectivity index (χ1v) is 8.39. The Morgan fingerprint density at radius 2 is 1.38 bits per heavy atom. The minimum absolute atomic E-state index is 0.159. The Balaban J connectivity index is 2.71. The fraction of sp³-hybridized carbons (Fsp3) is 0.381. The fourth-order valence-corrected chi connectivity index (χ4v) is 3.22. The highest BCUT2D eigenvalue weighted by Crippen LogP contribution is 2.39. The van der Waals surface area contributed by atoms with E-state index in [-0.39, 0.29) is 11.8 Å². The van der Waals surface area contributed by atoms with E-state index in [9.17, 15) is 9.90 Å². The van der Waals surface area contributed by atoms with Gasteiger partial charge in [-0.25, -0.2) is 0 Å². The number of Topliss-reactive ketones (excluding diaryl/α,β-unsaturated/α-hetero) is 1. The Morgan fingerprint density at radius 1 is 0.958 bits per heavy atom. The van der Waals surface area contributed by atoms with Crippen LogP contribution < -0.4 is 0 Å². The Labute approximate surface area is 144 Å². The molecule has 0 bridgehead atoms. The van der Waals surface area contributed by atoms with Crippen molar-refractivity contribution < 1.29 is 9.90 Å². The van der Waals surface area contributed by atoms with Crippen molar-refractivity contribution in [2.24, 2.45) is 0 Å². The molecule has 0 radical (unpaired) electrons. The predicted molar refractivity (Wildman–Crippen MR) is 98.1 cm³/mol. The Morgan fingerprint density at radius 3 is 1.71 bits per heavy atom. The van der Waals surface area contributed by atoms with Crippen molar-refractivity contribution in [2.75, 3.05) is 14.1 Å². The Hall–Kier alpha value is -1.97. The highest BCUT2D eigenvalue weighted by atomic mass is 16.3. The summed E-state index contributed by atoms with van der Waals surface area (Å²) < 4.78 is 0. The zero-order valence-electron chi connectivity index (χ0n) is 14.9. The average molecular weight is 325 g/mol. The lowest BCUT2D eigenvalue weighted by Gasteiger charge is -2.38. The van der Waals surface area contributed by atoms with Gasteiger partial charge < -0.3 is 10.0 Å². The van der Waals surface area contributed by atoms with Gasteiger partial charge in [0.2, 0.25) is 0 Å². The van der Waals surface area contributed by atoms with Crippen LogP contribution in [-0.4, -0.2) is 42.0 Å². The van der Waals surface area contributed by atoms with Crippen molar-refractivity contribution in [1.29, 1.82) is 0 Å². The third-order valence-electron chi connectivity index (χ3n) is 4.82. The molecule has 3 nitrogen and oxygen atoms in total. The lowest BCUT2D eigenvalue weighted by molar-refractivity contribution is -0.131. The number of rotatable bonds is 7. The first-order chi connectivity index (χ1) is 11.4. The summed E-state index contributed by atoms with van der Waals surface area (Å²) in [4.78, 5) is 15.4. The van der Waals surface area contributed by atoms with Gasteiger partial charge in [0, 0.05) is 6.04 Å². The number of carbonyl (C=O) groups excluding carboxylic acids is 1. The molecule has 0 amide bonds. The van der Waals surface area contributed by atoms with E-state index in [0.717, 1.165) is 11.1 Å². The summed E-state index contributed by atoms with van der Waals surface area (Å²) in [6, 6.07) is 19.8. The van der Waals surface area contributed by atoms with Crippen molar-refractivity contribution in [3.05, 3.63) is 71.8 Å². The van der Waals surface area contributed by atoms with Crippen LogP contribution in [-0.2, 0) is 10.2 Å². The van der Waals surface area contributed by atoms with Crippen LogP contribution in [0.4, 0.5) is 0 Å². The molecule has 2 aromatic rings. The minimum Gasteiger partial charge on any atom is -0.386 e. The Kier molecular flexibility index (Phi) is 5.92. The van der Waals surface area contributed by atoms with E-state index >= 15 is 0 Å². The smallest absolute Gasteiger partial charge is 0.175 e. The zero-order valence-corrected chi connectivity index (χ0v) is 14.9. The van der Waals surface area contributed by atoms with Crippen molar-refractivity contribution >= 4 is 5.78 Å². The van der Waals surface area contributed by atoms with Gasteiger partial charge in [0.15, 0.2) is 5.78 Å². The van der Waals surface area contributed by atoms with Gasteiger partial charge in [0.25, 0.3) is 0 Å². The largest absolute Gasteiger partial charge is 0.386 e. The molecule has 0 aromatic heterocycles. The fourth-order valence-electron chi connectivity index (χ4n) is 3.22. The lowest BCUT2D eigenvalue weighted by Crippen LogP contribution is -2.46. The Bertz CT molecular complexity index is 611. The summed E-state index contributed by atoms with van der Waals surface area (Å²) >= 11 is 0. The summed E-state index contributed by atoms with van der Waals surface area (Å²) in [6.07, 6.45) is -0.419. The van der Waals surface area contributed by atoms with Crippen LogP contribution in [0, 0.1) is 0 Å². The molecule has 2 rings (SSSR count). The van der Waals surface area contributed by atoms with E-state index < -0.39 is 11.5 Å². The molecule has 0 spiro atoms. The van der Waals surface area contributed by atoms with E-state index in [4.69, 9.17) is 0 Å². The average Bonchev–Trinajstić information content (AvgIpc) is 2.60. The van der Waals surface area contributed by atoms with E-state index in [2.05, 4.69) is 11.8 Å². The lowest BCUT2D eigenvalue weighted by atomic mass is 9.66. The van der Waals surface area contributed by atoms with Crippen LogP contribution in [0.25, 0.3) is 0 Å². The van der Waals surface area contributed by atoms with E-state index in [0.29, 0.717) is 6.42 Å². The van der Waals surface area contributed by atoms with Gasteiger partial charge >= 0.3 is 0 Å². The predicted octanol–water partition coefficient (Wildman–Crippen LogP) is 3.26. The highest BCUT2D eigenvalue weighted by Gasteiger charge is 2.44. The minimum atomic E-state index is -1.03. The molecule has 24 heavy (non-hydrogen) atoms. The zero-order chi connectivity index (χ0) is 17.7. The molecule has 0 aliphatic carbocycles. The van der Waals surface area contributed by atoms with Crippen molar-refractivity contribution in [1.82, 2.24) is 4.90 Å². The number of nitrogens with zero attached hydrogens (tertiary/aromatic N) is 1. The number of aliphatic hydroxyl groups excluding tert-OH is 1. The van der Waals surface area contributed by atoms with Crippen LogP contribution in [0.2, 0.25) is 0 Å². The van der Waals surface area contributed by atoms with E-state index in [1.54, 1.807) is 6.92 Å². The van der Waals surface area contributed by atoms with Gasteiger partial charge in [-0.15, -0.1) is 0 Å². The number of carbonyl (C=O) groups is 1. The number of hydrogen-bond acceptors (Lipinski definition) is 3. The van der Waals surface area contributed by atoms with E-state index in [1.807, 2.05) is 74.8 Å². The van der Waals surface area contributed by atoms with Crippen molar-refractivity contribution in [3.63, 3.8) is 0 Å². The van der Waals surface area contributed by atoms with Gasteiger partial charge in [-0.2, -0.15) is 0 Å². The summed E-state index contributed by atoms with van der Waals surface area (Å²) in [5, 5.41) is 10.2. The maximum atomic E-state index is 13.3. The maximum Gasteiger partial charge on any atom is 0.175 e. The topological polar surface area (TPSA) is 40.5 Å². The summed E-state index contributed by atoms with van der Waals surface area (Å²) in [7, 11) is 4.02. The molecule has 2 unspecified atom stereocenters. The van der Waals surface area contributed by atoms with Gasteiger partial charge in [0.05, 0.1) is 5.41 Å². The number of ketones is 1. The second-order valence-corrected chi connectivity index (χ2v) is 6.69. The third kappa shape index (κ3) is 3.58. The maximum absolute atomic E-state index is 13.3. The molecular weight excluding hydrogens is 298 g/mol. The van der Waals surface area contributed by atoms with Crippen molar-refractivity contribution in [3.8, 4) is 0 Å². The van der Waals surface area contributed by atoms with E-state index in [1.165, 1.54) is 0 Å². The summed E-state index contributed by atoms with van der Waals surface area (Å²) in [6.45, 7) is 3.67. The molecule has 0 aliphatic rings. The monoisotopic (exact) mass is 325 g/mol. The molecule has 0 fully saturated rings. The molecule has 0 aliphatic heterocycles. The molecule has 0 saturated carbocycles. The van der Waals surface area contributed by atoms with Gasteiger partial charge in [-0.3, -0.25) is 4.79 Å². The molecule has 1 N–H and O–H groups in total. The van der Waals surface area contributed by atoms with Crippen LogP contribution in [0.15, 0.2) is 60.7 Å². The molecule has 0 heterocycles. The molecule has 2 aromatic carbocycles. The second kappa shape index (κ2) is 7.73. The van der Waals surface area contributed by atoms with Crippen LogP contribution in [0.1, 0.15) is 31.4 Å². The first kappa shape index (κ1) is 18.4. The number of benzene rings is 2. The molecule has 2 atom stereocenters. The normalized spacial score (nSPS) is 14.4. The van der Waals surface area contributed by atoms with Crippen LogP contribution in [0.5, 0.6) is 0 Å². The SMILES string of the molecule is CC(O)C(=O)C(CC(C)N(C)C)(c1ccccc1)c1ccccc1. The summed E-state index contributed by atoms with van der Waals surface area (Å²) in [5.41, 5.74) is 0.993. The number of hydrogen-bond donors (Lipinski definition) is 1. The first-order valence-electron chi connectivity index (χ1n) is 8.39. The molecule has 128 valence electrons. The van der Waals surface area contributed by atoms with Crippen molar-refractivity contribution in [2.45, 2.75) is 37.8 Å². The van der Waals surface area contributed by atoms with Gasteiger partial charge in [0.1, 0.15) is 6.10 Å². The quantitative estimate of drug-likeness (QED) is 0.849. The molecular formula is C21H27NO2. The van der Waals surface area contributed by atoms with Crippen LogP contribution >= 0.6 is 0 Å². The summed E-state index contributed by atoms with van der Waals surface area (Å²) in [5.74, 6) is -0.159. The molecule has 0 saturated heterocycles.